The van der Waals surface area contributed by atoms with Gasteiger partial charge in [0.15, 0.2) is 5.17 Å². The fourth-order valence-corrected chi connectivity index (χ4v) is 4.00. The highest BCUT2D eigenvalue weighted by molar-refractivity contribution is 8.15. The molecule has 2 amide bonds. The van der Waals surface area contributed by atoms with Crippen molar-refractivity contribution in [3.8, 4) is 0 Å². The number of hydrogen-bond acceptors (Lipinski definition) is 7. The number of hydrogen-bond donors (Lipinski definition) is 2. The van der Waals surface area contributed by atoms with E-state index in [1.165, 1.54) is 40.9 Å². The van der Waals surface area contributed by atoms with Crippen molar-refractivity contribution >= 4 is 45.8 Å². The molecule has 0 aromatic heterocycles. The maximum absolute atomic E-state index is 12.8. The maximum Gasteiger partial charge on any atom is 0.269 e. The Kier molecular flexibility index (Phi) is 7.15. The van der Waals surface area contributed by atoms with Crippen LogP contribution in [0.4, 0.5) is 17.1 Å². The van der Waals surface area contributed by atoms with Gasteiger partial charge in [-0.3, -0.25) is 24.6 Å². The summed E-state index contributed by atoms with van der Waals surface area (Å²) in [5, 5.41) is 22.4. The molecule has 1 fully saturated rings. The largest absolute Gasteiger partial charge is 0.396 e. The second kappa shape index (κ2) is 9.99. The molecular weight excluding hydrogens is 408 g/mol. The number of non-ortho nitro benzene ring substituents is 1. The lowest BCUT2D eigenvalue weighted by atomic mass is 10.2. The second-order valence-corrected chi connectivity index (χ2v) is 7.63. The van der Waals surface area contributed by atoms with Gasteiger partial charge in [-0.2, -0.15) is 0 Å². The first-order valence-electron chi connectivity index (χ1n) is 9.25. The Bertz CT molecular complexity index is 949. The summed E-state index contributed by atoms with van der Waals surface area (Å²) < 4.78 is 0. The van der Waals surface area contributed by atoms with Gasteiger partial charge in [0.25, 0.3) is 5.69 Å². The Hall–Kier alpha value is -3.24. The van der Waals surface area contributed by atoms with Crippen molar-refractivity contribution in [1.82, 2.24) is 4.90 Å². The molecule has 1 heterocycles. The molecular formula is C20H20N4O5S. The summed E-state index contributed by atoms with van der Waals surface area (Å²) in [6.07, 6.45) is 0.339. The molecule has 0 bridgehead atoms. The van der Waals surface area contributed by atoms with Gasteiger partial charge in [0.05, 0.1) is 10.6 Å². The number of nitrogens with one attached hydrogen (secondary N) is 1. The van der Waals surface area contributed by atoms with Gasteiger partial charge in [-0.1, -0.05) is 30.0 Å². The number of carbonyl (C=O) groups excluding carboxylic acids is 2. The SMILES string of the molecule is O=C(CC1SC(=Nc2ccccc2)N(CCCO)C1=O)Nc1ccc([N+](=O)[O-])cc1. The number of nitro benzene ring substituents is 1. The van der Waals surface area contributed by atoms with Crippen LogP contribution in [-0.2, 0) is 9.59 Å². The molecule has 10 heteroatoms. The molecule has 156 valence electrons. The molecule has 3 rings (SSSR count). The molecule has 1 saturated heterocycles. The van der Waals surface area contributed by atoms with E-state index >= 15 is 0 Å². The molecule has 1 aliphatic rings. The minimum Gasteiger partial charge on any atom is -0.396 e. The number of benzene rings is 2. The van der Waals surface area contributed by atoms with Crippen LogP contribution in [0.2, 0.25) is 0 Å². The Labute approximate surface area is 177 Å². The Morgan fingerprint density at radius 1 is 1.20 bits per heavy atom. The van der Waals surface area contributed by atoms with Gasteiger partial charge in [0.2, 0.25) is 11.8 Å². The molecule has 0 spiro atoms. The number of carbonyl (C=O) groups is 2. The zero-order valence-electron chi connectivity index (χ0n) is 15.9. The Morgan fingerprint density at radius 3 is 2.53 bits per heavy atom. The zero-order valence-corrected chi connectivity index (χ0v) is 16.7. The number of aliphatic hydroxyl groups excluding tert-OH is 1. The Morgan fingerprint density at radius 2 is 1.90 bits per heavy atom. The fourth-order valence-electron chi connectivity index (χ4n) is 2.82. The summed E-state index contributed by atoms with van der Waals surface area (Å²) in [7, 11) is 0. The quantitative estimate of drug-likeness (QED) is 0.492. The average molecular weight is 428 g/mol. The molecule has 2 N–H and O–H groups in total. The lowest BCUT2D eigenvalue weighted by Crippen LogP contribution is -2.34. The van der Waals surface area contributed by atoms with Crippen LogP contribution >= 0.6 is 11.8 Å². The summed E-state index contributed by atoms with van der Waals surface area (Å²) in [6, 6.07) is 14.7. The molecule has 1 unspecified atom stereocenters. The van der Waals surface area contributed by atoms with Crippen molar-refractivity contribution in [2.24, 2.45) is 4.99 Å². The van der Waals surface area contributed by atoms with E-state index in [9.17, 15) is 19.7 Å². The van der Waals surface area contributed by atoms with E-state index in [4.69, 9.17) is 5.11 Å². The van der Waals surface area contributed by atoms with Gasteiger partial charge in [-0.15, -0.1) is 0 Å². The van der Waals surface area contributed by atoms with Crippen molar-refractivity contribution in [3.63, 3.8) is 0 Å². The number of thioether (sulfide) groups is 1. The molecule has 2 aromatic carbocycles. The lowest BCUT2D eigenvalue weighted by Gasteiger charge is -2.15. The van der Waals surface area contributed by atoms with Crippen LogP contribution in [-0.4, -0.2) is 50.3 Å². The molecule has 1 aliphatic heterocycles. The van der Waals surface area contributed by atoms with Crippen molar-refractivity contribution in [2.45, 2.75) is 18.1 Å². The fraction of sp³-hybridized carbons (Fsp3) is 0.250. The predicted octanol–water partition coefficient (Wildman–Crippen LogP) is 2.94. The van der Waals surface area contributed by atoms with Gasteiger partial charge < -0.3 is 10.4 Å². The molecule has 2 aromatic rings. The van der Waals surface area contributed by atoms with Crippen LogP contribution in [0.1, 0.15) is 12.8 Å². The zero-order chi connectivity index (χ0) is 21.5. The van der Waals surface area contributed by atoms with Gasteiger partial charge in [-0.25, -0.2) is 4.99 Å². The van der Waals surface area contributed by atoms with Crippen molar-refractivity contribution in [2.75, 3.05) is 18.5 Å². The number of amidine groups is 1. The first-order chi connectivity index (χ1) is 14.5. The van der Waals surface area contributed by atoms with Crippen molar-refractivity contribution in [3.05, 3.63) is 64.7 Å². The first kappa shape index (κ1) is 21.5. The molecule has 9 nitrogen and oxygen atoms in total. The molecule has 0 saturated carbocycles. The minimum absolute atomic E-state index is 0.0572. The topological polar surface area (TPSA) is 125 Å². The van der Waals surface area contributed by atoms with Crippen molar-refractivity contribution in [1.29, 1.82) is 0 Å². The summed E-state index contributed by atoms with van der Waals surface area (Å²) in [5.41, 5.74) is 1.03. The van der Waals surface area contributed by atoms with E-state index < -0.39 is 10.2 Å². The van der Waals surface area contributed by atoms with E-state index in [1.807, 2.05) is 30.3 Å². The van der Waals surface area contributed by atoms with Crippen LogP contribution in [0, 0.1) is 10.1 Å². The molecule has 0 radical (unpaired) electrons. The number of nitro groups is 1. The third-order valence-electron chi connectivity index (χ3n) is 4.27. The molecule has 30 heavy (non-hydrogen) atoms. The number of para-hydroxylation sites is 1. The minimum atomic E-state index is -0.635. The van der Waals surface area contributed by atoms with Crippen LogP contribution in [0.15, 0.2) is 59.6 Å². The summed E-state index contributed by atoms with van der Waals surface area (Å²) in [4.78, 5) is 41.4. The smallest absolute Gasteiger partial charge is 0.269 e. The summed E-state index contributed by atoms with van der Waals surface area (Å²) in [6.45, 7) is 0.257. The monoisotopic (exact) mass is 428 g/mol. The van der Waals surface area contributed by atoms with Gasteiger partial charge >= 0.3 is 0 Å². The van der Waals surface area contributed by atoms with E-state index in [0.29, 0.717) is 29.5 Å². The van der Waals surface area contributed by atoms with Crippen LogP contribution < -0.4 is 5.32 Å². The van der Waals surface area contributed by atoms with E-state index in [2.05, 4.69) is 10.3 Å². The number of rotatable bonds is 8. The first-order valence-corrected chi connectivity index (χ1v) is 10.1. The van der Waals surface area contributed by atoms with Crippen LogP contribution in [0.5, 0.6) is 0 Å². The van der Waals surface area contributed by atoms with E-state index in [-0.39, 0.29) is 30.5 Å². The Balaban J connectivity index is 1.69. The number of amides is 2. The highest BCUT2D eigenvalue weighted by atomic mass is 32.2. The number of anilines is 1. The highest BCUT2D eigenvalue weighted by Crippen LogP contribution is 2.32. The van der Waals surface area contributed by atoms with Gasteiger partial charge in [-0.05, 0) is 30.7 Å². The number of nitrogens with zero attached hydrogens (tertiary/aromatic N) is 3. The normalized spacial score (nSPS) is 17.4. The van der Waals surface area contributed by atoms with E-state index in [1.54, 1.807) is 0 Å². The third kappa shape index (κ3) is 5.43. The second-order valence-electron chi connectivity index (χ2n) is 6.46. The molecule has 0 aliphatic carbocycles. The average Bonchev–Trinajstić information content (AvgIpc) is 3.01. The van der Waals surface area contributed by atoms with Gasteiger partial charge in [0, 0.05) is 37.4 Å². The highest BCUT2D eigenvalue weighted by Gasteiger charge is 2.38. The van der Waals surface area contributed by atoms with Crippen molar-refractivity contribution < 1.29 is 19.6 Å². The predicted molar refractivity (Wildman–Crippen MR) is 115 cm³/mol. The van der Waals surface area contributed by atoms with Crippen LogP contribution in [0.25, 0.3) is 0 Å². The van der Waals surface area contributed by atoms with Gasteiger partial charge in [0.1, 0.15) is 5.25 Å². The summed E-state index contributed by atoms with van der Waals surface area (Å²) in [5.74, 6) is -0.611. The van der Waals surface area contributed by atoms with E-state index in [0.717, 1.165) is 0 Å². The van der Waals surface area contributed by atoms with Crippen LogP contribution in [0.3, 0.4) is 0 Å². The molecule has 1 atom stereocenters. The third-order valence-corrected chi connectivity index (χ3v) is 5.45. The lowest BCUT2D eigenvalue weighted by molar-refractivity contribution is -0.384. The number of aliphatic imine (C=N–C) groups is 1. The summed E-state index contributed by atoms with van der Waals surface area (Å²) >= 11 is 1.21. The maximum atomic E-state index is 12.8. The number of aliphatic hydroxyl groups is 1. The standard InChI is InChI=1S/C20H20N4O5S/c25-12-4-11-23-19(27)17(30-20(23)22-14-5-2-1-3-6-14)13-18(26)21-15-7-9-16(10-8-15)24(28)29/h1-3,5-10,17,25H,4,11-13H2,(H,21,26).